The first-order valence-corrected chi connectivity index (χ1v) is 9.17. The first-order valence-electron chi connectivity index (χ1n) is 8.29. The maximum atomic E-state index is 6.00. The van der Waals surface area contributed by atoms with Crippen LogP contribution < -0.4 is 10.3 Å². The monoisotopic (exact) mass is 355 g/mol. The van der Waals surface area contributed by atoms with Gasteiger partial charge in [0, 0.05) is 19.5 Å². The summed E-state index contributed by atoms with van der Waals surface area (Å²) in [6.07, 6.45) is 2.72. The fraction of sp³-hybridized carbons (Fsp3) is 0.316. The van der Waals surface area contributed by atoms with Crippen LogP contribution in [0.4, 0.5) is 5.82 Å². The lowest BCUT2D eigenvalue weighted by atomic mass is 10.2. The third kappa shape index (κ3) is 4.61. The van der Waals surface area contributed by atoms with E-state index in [-0.39, 0.29) is 0 Å². The summed E-state index contributed by atoms with van der Waals surface area (Å²) in [5.41, 5.74) is 11.5. The van der Waals surface area contributed by atoms with Gasteiger partial charge in [-0.05, 0) is 12.5 Å². The van der Waals surface area contributed by atoms with Gasteiger partial charge >= 0.3 is 0 Å². The molecule has 6 heteroatoms. The van der Waals surface area contributed by atoms with Crippen molar-refractivity contribution in [2.75, 3.05) is 12.3 Å². The number of ether oxygens (including phenoxy) is 1. The number of aryl methyl sites for hydroxylation is 1. The zero-order valence-corrected chi connectivity index (χ0v) is 15.4. The van der Waals surface area contributed by atoms with Crippen LogP contribution in [-0.4, -0.2) is 16.6 Å². The zero-order chi connectivity index (χ0) is 17.6. The summed E-state index contributed by atoms with van der Waals surface area (Å²) in [5, 5.41) is 0. The Morgan fingerprint density at radius 2 is 2.00 bits per heavy atom. The van der Waals surface area contributed by atoms with Crippen molar-refractivity contribution in [1.29, 1.82) is 0 Å². The van der Waals surface area contributed by atoms with E-state index in [1.54, 1.807) is 11.3 Å². The Morgan fingerprint density at radius 3 is 2.76 bits per heavy atom. The first-order chi connectivity index (χ1) is 12.1. The summed E-state index contributed by atoms with van der Waals surface area (Å²) in [4.78, 5) is 9.81. The van der Waals surface area contributed by atoms with E-state index in [4.69, 9.17) is 10.5 Å². The van der Waals surface area contributed by atoms with Crippen molar-refractivity contribution in [3.8, 4) is 0 Å². The van der Waals surface area contributed by atoms with E-state index in [0.717, 1.165) is 12.0 Å². The molecule has 0 aliphatic rings. The van der Waals surface area contributed by atoms with E-state index in [9.17, 15) is 0 Å². The lowest BCUT2D eigenvalue weighted by Gasteiger charge is -2.04. The lowest BCUT2D eigenvalue weighted by molar-refractivity contribution is -0.689. The number of thiazole rings is 1. The minimum Gasteiger partial charge on any atom is -0.383 e. The van der Waals surface area contributed by atoms with Crippen molar-refractivity contribution >= 4 is 17.2 Å². The van der Waals surface area contributed by atoms with Crippen LogP contribution in [0.3, 0.4) is 0 Å². The zero-order valence-electron chi connectivity index (χ0n) is 14.6. The van der Waals surface area contributed by atoms with E-state index in [0.29, 0.717) is 31.4 Å². The van der Waals surface area contributed by atoms with Gasteiger partial charge in [-0.3, -0.25) is 0 Å². The van der Waals surface area contributed by atoms with Crippen LogP contribution in [0.1, 0.15) is 27.5 Å². The van der Waals surface area contributed by atoms with Crippen molar-refractivity contribution in [3.05, 3.63) is 69.6 Å². The van der Waals surface area contributed by atoms with Gasteiger partial charge in [0.1, 0.15) is 11.6 Å². The van der Waals surface area contributed by atoms with Crippen LogP contribution in [0.2, 0.25) is 0 Å². The highest BCUT2D eigenvalue weighted by molar-refractivity contribution is 7.09. The van der Waals surface area contributed by atoms with Crippen LogP contribution in [0.15, 0.2) is 42.0 Å². The van der Waals surface area contributed by atoms with Crippen molar-refractivity contribution in [2.24, 2.45) is 0 Å². The molecule has 0 aliphatic carbocycles. The fourth-order valence-corrected chi connectivity index (χ4v) is 3.57. The number of nitrogen functional groups attached to an aromatic ring is 1. The largest absolute Gasteiger partial charge is 0.383 e. The lowest BCUT2D eigenvalue weighted by Crippen LogP contribution is -2.35. The summed E-state index contributed by atoms with van der Waals surface area (Å²) in [5.74, 6) is 1.25. The highest BCUT2D eigenvalue weighted by atomic mass is 32.1. The van der Waals surface area contributed by atoms with Gasteiger partial charge in [0.05, 0.1) is 23.7 Å². The molecule has 2 aromatic heterocycles. The van der Waals surface area contributed by atoms with Gasteiger partial charge in [0.15, 0.2) is 12.2 Å². The molecule has 3 rings (SSSR count). The Hall–Kier alpha value is -2.31. The van der Waals surface area contributed by atoms with Crippen molar-refractivity contribution in [3.63, 3.8) is 0 Å². The van der Waals surface area contributed by atoms with Crippen molar-refractivity contribution < 1.29 is 9.30 Å². The Labute approximate surface area is 152 Å². The molecule has 0 fully saturated rings. The molecule has 0 saturated carbocycles. The topological polar surface area (TPSA) is 64.9 Å². The Morgan fingerprint density at radius 1 is 1.20 bits per heavy atom. The Bertz CT molecular complexity index is 833. The molecule has 0 atom stereocenters. The summed E-state index contributed by atoms with van der Waals surface area (Å²) >= 11 is 1.75. The molecule has 0 unspecified atom stereocenters. The fourth-order valence-electron chi connectivity index (χ4n) is 2.59. The SMILES string of the molecule is Cc1ncc(C[n+]2csc(CCOCc3ccccc3)c2C)c(N)n1. The molecular weight excluding hydrogens is 332 g/mol. The molecule has 3 aromatic rings. The predicted molar refractivity (Wildman–Crippen MR) is 99.3 cm³/mol. The number of rotatable bonds is 7. The highest BCUT2D eigenvalue weighted by Crippen LogP contribution is 2.14. The maximum Gasteiger partial charge on any atom is 0.225 e. The molecule has 2 N–H and O–H groups in total. The third-order valence-electron chi connectivity index (χ3n) is 4.10. The normalized spacial score (nSPS) is 11.0. The molecule has 0 radical (unpaired) electrons. The van der Waals surface area contributed by atoms with Gasteiger partial charge in [-0.2, -0.15) is 4.57 Å². The highest BCUT2D eigenvalue weighted by Gasteiger charge is 2.17. The number of hydrogen-bond acceptors (Lipinski definition) is 5. The number of benzene rings is 1. The van der Waals surface area contributed by atoms with Crippen LogP contribution >= 0.6 is 11.3 Å². The van der Waals surface area contributed by atoms with E-state index in [1.165, 1.54) is 16.1 Å². The number of nitrogens with zero attached hydrogens (tertiary/aromatic N) is 3. The molecule has 130 valence electrons. The van der Waals surface area contributed by atoms with E-state index in [2.05, 4.69) is 39.1 Å². The van der Waals surface area contributed by atoms with Gasteiger partial charge in [0.2, 0.25) is 5.51 Å². The molecule has 5 nitrogen and oxygen atoms in total. The minimum atomic E-state index is 0.554. The van der Waals surface area contributed by atoms with Gasteiger partial charge in [-0.15, -0.1) is 0 Å². The molecule has 2 heterocycles. The number of nitrogens with two attached hydrogens (primary N) is 1. The van der Waals surface area contributed by atoms with Crippen LogP contribution in [0.5, 0.6) is 0 Å². The average Bonchev–Trinajstić information content (AvgIpc) is 2.95. The van der Waals surface area contributed by atoms with Crippen molar-refractivity contribution in [2.45, 2.75) is 33.4 Å². The summed E-state index contributed by atoms with van der Waals surface area (Å²) in [6, 6.07) is 10.2. The van der Waals surface area contributed by atoms with Gasteiger partial charge in [-0.25, -0.2) is 9.97 Å². The minimum absolute atomic E-state index is 0.554. The second-order valence-corrected chi connectivity index (χ2v) is 6.91. The molecule has 1 aromatic carbocycles. The molecular formula is C19H23N4OS+. The van der Waals surface area contributed by atoms with Gasteiger partial charge in [-0.1, -0.05) is 41.7 Å². The first kappa shape index (κ1) is 17.5. The second-order valence-electron chi connectivity index (χ2n) is 5.98. The van der Waals surface area contributed by atoms with Crippen molar-refractivity contribution in [1.82, 2.24) is 9.97 Å². The number of hydrogen-bond donors (Lipinski definition) is 1. The smallest absolute Gasteiger partial charge is 0.225 e. The molecule has 0 saturated heterocycles. The van der Waals surface area contributed by atoms with Crippen LogP contribution in [-0.2, 0) is 24.3 Å². The van der Waals surface area contributed by atoms with E-state index < -0.39 is 0 Å². The van der Waals surface area contributed by atoms with E-state index >= 15 is 0 Å². The summed E-state index contributed by atoms with van der Waals surface area (Å²) in [6.45, 7) is 6.04. The van der Waals surface area contributed by atoms with Crippen LogP contribution in [0, 0.1) is 13.8 Å². The Kier molecular flexibility index (Phi) is 5.73. The van der Waals surface area contributed by atoms with E-state index in [1.807, 2.05) is 31.3 Å². The number of anilines is 1. The molecule has 0 aliphatic heterocycles. The summed E-state index contributed by atoms with van der Waals surface area (Å²) in [7, 11) is 0. The van der Waals surface area contributed by atoms with Crippen LogP contribution in [0.25, 0.3) is 0 Å². The maximum absolute atomic E-state index is 6.00. The average molecular weight is 355 g/mol. The molecule has 0 spiro atoms. The second kappa shape index (κ2) is 8.18. The molecule has 0 bridgehead atoms. The predicted octanol–water partition coefficient (Wildman–Crippen LogP) is 2.83. The third-order valence-corrected chi connectivity index (χ3v) is 5.24. The number of aromatic nitrogens is 3. The Balaban J connectivity index is 1.55. The van der Waals surface area contributed by atoms with Gasteiger partial charge < -0.3 is 10.5 Å². The molecule has 25 heavy (non-hydrogen) atoms. The standard InChI is InChI=1S/C19H23N4OS/c1-14-18(8-9-24-12-16-6-4-3-5-7-16)25-13-23(14)11-17-10-21-15(2)22-19(17)20/h3-7,10,13H,8-9,11-12H2,1-2H3,(H2,20,21,22)/q+1. The molecule has 0 amide bonds. The van der Waals surface area contributed by atoms with Gasteiger partial charge in [0.25, 0.3) is 0 Å². The summed E-state index contributed by atoms with van der Waals surface area (Å²) < 4.78 is 7.99. The quantitative estimate of drug-likeness (QED) is 0.523.